The zero-order chi connectivity index (χ0) is 21.8. The molecule has 3 aliphatic rings. The third-order valence-corrected chi connectivity index (χ3v) is 7.99. The van der Waals surface area contributed by atoms with Gasteiger partial charge in [-0.25, -0.2) is 8.78 Å². The van der Waals surface area contributed by atoms with E-state index < -0.39 is 5.54 Å². The normalized spacial score (nSPS) is 25.2. The molecule has 2 aliphatic carbocycles. The summed E-state index contributed by atoms with van der Waals surface area (Å²) in [5, 5.41) is 3.77. The first-order chi connectivity index (χ1) is 15.4. The van der Waals surface area contributed by atoms with E-state index in [9.17, 15) is 4.39 Å². The molecule has 0 fully saturated rings. The second-order valence-corrected chi connectivity index (χ2v) is 9.59. The molecule has 0 saturated heterocycles. The van der Waals surface area contributed by atoms with E-state index >= 15 is 4.39 Å². The number of halogens is 2. The molecule has 0 saturated carbocycles. The number of hydrogen-bond acceptors (Lipinski definition) is 1. The van der Waals surface area contributed by atoms with E-state index in [1.54, 1.807) is 6.07 Å². The number of aromatic nitrogens is 1. The first-order valence-corrected chi connectivity index (χ1v) is 11.0. The maximum absolute atomic E-state index is 15.1. The summed E-state index contributed by atoms with van der Waals surface area (Å²) in [5.41, 5.74) is 1.65. The van der Waals surface area contributed by atoms with Gasteiger partial charge in [0, 0.05) is 34.4 Å². The van der Waals surface area contributed by atoms with Gasteiger partial charge in [-0.3, -0.25) is 0 Å². The topological polar surface area (TPSA) is 14.2 Å². The fraction of sp³-hybridized carbons (Fsp3) is 0.214. The van der Waals surface area contributed by atoms with Crippen molar-refractivity contribution < 1.29 is 13.5 Å². The zero-order valence-electron chi connectivity index (χ0n) is 17.9. The molecule has 3 aromatic carbocycles. The van der Waals surface area contributed by atoms with Crippen LogP contribution in [0.5, 0.6) is 11.6 Å². The molecule has 0 bridgehead atoms. The molecular weight excluding hydrogens is 404 g/mol. The number of ether oxygens (including phenoxy) is 1. The quantitative estimate of drug-likeness (QED) is 0.266. The lowest BCUT2D eigenvalue weighted by molar-refractivity contribution is 0.232. The molecule has 2 heterocycles. The highest BCUT2D eigenvalue weighted by Crippen LogP contribution is 2.58. The molecule has 0 N–H and O–H groups in total. The van der Waals surface area contributed by atoms with Gasteiger partial charge in [0.05, 0.1) is 5.54 Å². The predicted molar refractivity (Wildman–Crippen MR) is 123 cm³/mol. The third-order valence-electron chi connectivity index (χ3n) is 7.99. The molecule has 1 aliphatic heterocycles. The molecule has 4 heteroatoms. The lowest BCUT2D eigenvalue weighted by atomic mass is 9.59. The number of allylic oxidation sites excluding steroid dienone is 3. The van der Waals surface area contributed by atoms with E-state index in [2.05, 4.69) is 54.8 Å². The molecule has 0 radical (unpaired) electrons. The standard InChI is InChI=1S/C28H21F2NO/c1-27-9-10-28(27,2)31-15-22-20-13-18(29)7-8-19(20)24(30)14-21(22)26(31)32-25-12-17-6-4-3-5-16(17)11-23(25)27/h3-6,9-15H,7-8H2,1-2H3. The average Bonchev–Trinajstić information content (AvgIpc) is 3.13. The molecule has 158 valence electrons. The van der Waals surface area contributed by atoms with Gasteiger partial charge in [-0.15, -0.1) is 0 Å². The Hall–Kier alpha value is -3.40. The van der Waals surface area contributed by atoms with Crippen molar-refractivity contribution in [3.05, 3.63) is 89.1 Å². The fourth-order valence-corrected chi connectivity index (χ4v) is 5.78. The highest BCUT2D eigenvalue weighted by Gasteiger charge is 2.54. The van der Waals surface area contributed by atoms with Gasteiger partial charge in [-0.2, -0.15) is 0 Å². The third kappa shape index (κ3) is 2.03. The molecule has 7 rings (SSSR count). The minimum absolute atomic E-state index is 0.205. The summed E-state index contributed by atoms with van der Waals surface area (Å²) in [7, 11) is 0. The van der Waals surface area contributed by atoms with Crippen molar-refractivity contribution in [1.29, 1.82) is 0 Å². The Labute approximate surface area is 184 Å². The van der Waals surface area contributed by atoms with Gasteiger partial charge < -0.3 is 9.30 Å². The van der Waals surface area contributed by atoms with Crippen molar-refractivity contribution in [1.82, 2.24) is 4.57 Å². The van der Waals surface area contributed by atoms with E-state index in [-0.39, 0.29) is 23.5 Å². The molecule has 2 atom stereocenters. The van der Waals surface area contributed by atoms with Crippen molar-refractivity contribution in [2.24, 2.45) is 0 Å². The number of rotatable bonds is 0. The fourth-order valence-electron chi connectivity index (χ4n) is 5.78. The predicted octanol–water partition coefficient (Wildman–Crippen LogP) is 7.54. The van der Waals surface area contributed by atoms with Gasteiger partial charge >= 0.3 is 0 Å². The van der Waals surface area contributed by atoms with Gasteiger partial charge in [0.2, 0.25) is 5.88 Å². The Balaban J connectivity index is 1.58. The molecule has 2 unspecified atom stereocenters. The van der Waals surface area contributed by atoms with Crippen LogP contribution in [0.25, 0.3) is 27.6 Å². The van der Waals surface area contributed by atoms with Crippen molar-refractivity contribution in [2.75, 3.05) is 0 Å². The van der Waals surface area contributed by atoms with Crippen LogP contribution in [0.1, 0.15) is 37.0 Å². The van der Waals surface area contributed by atoms with Gasteiger partial charge in [0.1, 0.15) is 17.4 Å². The smallest absolute Gasteiger partial charge is 0.208 e. The van der Waals surface area contributed by atoms with Gasteiger partial charge in [0.15, 0.2) is 0 Å². The van der Waals surface area contributed by atoms with E-state index in [4.69, 9.17) is 4.74 Å². The molecule has 1 aromatic heterocycles. The van der Waals surface area contributed by atoms with Crippen LogP contribution < -0.4 is 4.74 Å². The van der Waals surface area contributed by atoms with Crippen LogP contribution in [0, 0.1) is 5.82 Å². The van der Waals surface area contributed by atoms with E-state index in [0.29, 0.717) is 28.8 Å². The van der Waals surface area contributed by atoms with Gasteiger partial charge in [0.25, 0.3) is 0 Å². The van der Waals surface area contributed by atoms with Crippen LogP contribution in [-0.2, 0) is 17.4 Å². The minimum atomic E-state index is -0.394. The summed E-state index contributed by atoms with van der Waals surface area (Å²) >= 11 is 0. The molecule has 32 heavy (non-hydrogen) atoms. The molecule has 0 spiro atoms. The molecule has 0 amide bonds. The van der Waals surface area contributed by atoms with Crippen LogP contribution in [0.15, 0.2) is 66.6 Å². The molecule has 4 aromatic rings. The van der Waals surface area contributed by atoms with E-state index in [1.165, 1.54) is 6.08 Å². The summed E-state index contributed by atoms with van der Waals surface area (Å²) < 4.78 is 38.0. The first-order valence-electron chi connectivity index (χ1n) is 11.0. The average molecular weight is 425 g/mol. The van der Waals surface area contributed by atoms with E-state index in [0.717, 1.165) is 27.5 Å². The van der Waals surface area contributed by atoms with Crippen LogP contribution in [-0.4, -0.2) is 4.57 Å². The SMILES string of the molecule is CC12C=CC1(C)n1cc3c4c(c(F)cc3c1Oc1cc3ccccc3cc12)CCC(F)=C4. The highest BCUT2D eigenvalue weighted by atomic mass is 19.1. The largest absolute Gasteiger partial charge is 0.440 e. The Kier molecular flexibility index (Phi) is 3.23. The zero-order valence-corrected chi connectivity index (χ0v) is 17.9. The highest BCUT2D eigenvalue weighted by molar-refractivity contribution is 5.97. The van der Waals surface area contributed by atoms with Crippen LogP contribution >= 0.6 is 0 Å². The summed E-state index contributed by atoms with van der Waals surface area (Å²) in [4.78, 5) is 0. The summed E-state index contributed by atoms with van der Waals surface area (Å²) in [6.45, 7) is 4.40. The van der Waals surface area contributed by atoms with Crippen molar-refractivity contribution in [2.45, 2.75) is 37.6 Å². The van der Waals surface area contributed by atoms with Crippen molar-refractivity contribution in [3.8, 4) is 11.6 Å². The van der Waals surface area contributed by atoms with Crippen LogP contribution in [0.3, 0.4) is 0 Å². The number of nitrogens with zero attached hydrogens (tertiary/aromatic N) is 1. The second-order valence-electron chi connectivity index (χ2n) is 9.59. The molecule has 2 nitrogen and oxygen atoms in total. The lowest BCUT2D eigenvalue weighted by Gasteiger charge is -2.50. The number of hydrogen-bond donors (Lipinski definition) is 0. The van der Waals surface area contributed by atoms with Crippen molar-refractivity contribution >= 4 is 27.6 Å². The summed E-state index contributed by atoms with van der Waals surface area (Å²) in [6.07, 6.45) is 8.54. The maximum atomic E-state index is 15.1. The number of benzene rings is 3. The lowest BCUT2D eigenvalue weighted by Crippen LogP contribution is -2.51. The Morgan fingerprint density at radius 2 is 1.72 bits per heavy atom. The van der Waals surface area contributed by atoms with E-state index in [1.807, 2.05) is 18.3 Å². The summed E-state index contributed by atoms with van der Waals surface area (Å²) in [6, 6.07) is 14.1. The molecular formula is C28H21F2NO. The first kappa shape index (κ1) is 18.2. The second kappa shape index (κ2) is 5.69. The van der Waals surface area contributed by atoms with Gasteiger partial charge in [-0.05, 0) is 66.4 Å². The minimum Gasteiger partial charge on any atom is -0.440 e. The Bertz CT molecular complexity index is 1560. The maximum Gasteiger partial charge on any atom is 0.208 e. The van der Waals surface area contributed by atoms with Crippen LogP contribution in [0.4, 0.5) is 8.78 Å². The summed E-state index contributed by atoms with van der Waals surface area (Å²) in [5.74, 6) is 0.880. The number of fused-ring (bicyclic) bond motifs is 10. The Morgan fingerprint density at radius 1 is 0.938 bits per heavy atom. The monoisotopic (exact) mass is 425 g/mol. The van der Waals surface area contributed by atoms with Crippen molar-refractivity contribution in [3.63, 3.8) is 0 Å². The Morgan fingerprint density at radius 3 is 2.47 bits per heavy atom. The van der Waals surface area contributed by atoms with Gasteiger partial charge in [-0.1, -0.05) is 36.4 Å². The van der Waals surface area contributed by atoms with Crippen LogP contribution in [0.2, 0.25) is 0 Å².